The van der Waals surface area contributed by atoms with Crippen molar-refractivity contribution >= 4 is 5.97 Å². The van der Waals surface area contributed by atoms with Crippen LogP contribution in [0.4, 0.5) is 0 Å². The molecule has 0 aliphatic carbocycles. The Morgan fingerprint density at radius 1 is 1.54 bits per heavy atom. The molecule has 0 bridgehead atoms. The van der Waals surface area contributed by atoms with E-state index in [-0.39, 0.29) is 0 Å². The lowest BCUT2D eigenvalue weighted by Crippen LogP contribution is -2.09. The average Bonchev–Trinajstić information content (AvgIpc) is 2.17. The highest BCUT2D eigenvalue weighted by atomic mass is 16.5. The summed E-state index contributed by atoms with van der Waals surface area (Å²) in [6.07, 6.45) is 0. The molecule has 0 spiro atoms. The fraction of sp³-hybridized carbons (Fsp3) is 0.375. The molecule has 0 saturated heterocycles. The van der Waals surface area contributed by atoms with Crippen LogP contribution in [0.2, 0.25) is 0 Å². The van der Waals surface area contributed by atoms with Crippen molar-refractivity contribution in [1.82, 2.24) is 10.2 Å². The third kappa shape index (κ3) is 2.14. The zero-order chi connectivity index (χ0) is 9.84. The van der Waals surface area contributed by atoms with Crippen molar-refractivity contribution in [3.63, 3.8) is 0 Å². The van der Waals surface area contributed by atoms with Gasteiger partial charge in [-0.3, -0.25) is 4.79 Å². The van der Waals surface area contributed by atoms with E-state index in [1.54, 1.807) is 19.1 Å². The number of aromatic nitrogens is 2. The first-order valence-corrected chi connectivity index (χ1v) is 3.75. The fourth-order valence-corrected chi connectivity index (χ4v) is 0.797. The van der Waals surface area contributed by atoms with E-state index in [1.165, 1.54) is 7.11 Å². The standard InChI is InChI=1S/C8H10N2O3/c1-5(8(11)12)6-3-4-7(13-2)10-9-6/h3-5H,1-2H3,(H,11,12). The Balaban J connectivity index is 2.85. The van der Waals surface area contributed by atoms with Gasteiger partial charge in [-0.15, -0.1) is 5.10 Å². The van der Waals surface area contributed by atoms with Gasteiger partial charge >= 0.3 is 5.97 Å². The Hall–Kier alpha value is -1.65. The summed E-state index contributed by atoms with van der Waals surface area (Å²) in [6, 6.07) is 3.17. The SMILES string of the molecule is COc1ccc(C(C)C(=O)O)nn1. The molecule has 70 valence electrons. The van der Waals surface area contributed by atoms with Crippen molar-refractivity contribution < 1.29 is 14.6 Å². The van der Waals surface area contributed by atoms with Crippen molar-refractivity contribution in [3.05, 3.63) is 17.8 Å². The second-order valence-electron chi connectivity index (χ2n) is 2.56. The Kier molecular flexibility index (Phi) is 2.79. The van der Waals surface area contributed by atoms with Gasteiger partial charge in [0.05, 0.1) is 18.7 Å². The Bertz CT molecular complexity index is 297. The monoisotopic (exact) mass is 182 g/mol. The van der Waals surface area contributed by atoms with E-state index in [0.717, 1.165) is 0 Å². The predicted octanol–water partition coefficient (Wildman–Crippen LogP) is 0.673. The molecule has 1 unspecified atom stereocenters. The van der Waals surface area contributed by atoms with E-state index in [4.69, 9.17) is 9.84 Å². The lowest BCUT2D eigenvalue weighted by Gasteiger charge is -2.04. The summed E-state index contributed by atoms with van der Waals surface area (Å²) in [4.78, 5) is 10.6. The van der Waals surface area contributed by atoms with Crippen LogP contribution in [-0.4, -0.2) is 28.4 Å². The second-order valence-corrected chi connectivity index (χ2v) is 2.56. The number of hydrogen-bond donors (Lipinski definition) is 1. The van der Waals surface area contributed by atoms with Crippen molar-refractivity contribution in [2.45, 2.75) is 12.8 Å². The largest absolute Gasteiger partial charge is 0.481 e. The Labute approximate surface area is 75.4 Å². The van der Waals surface area contributed by atoms with Gasteiger partial charge in [0.1, 0.15) is 0 Å². The molecule has 13 heavy (non-hydrogen) atoms. The van der Waals surface area contributed by atoms with Crippen LogP contribution in [0.1, 0.15) is 18.5 Å². The van der Waals surface area contributed by atoms with Crippen LogP contribution in [0.5, 0.6) is 5.88 Å². The predicted molar refractivity (Wildman–Crippen MR) is 44.6 cm³/mol. The van der Waals surface area contributed by atoms with Crippen molar-refractivity contribution in [2.75, 3.05) is 7.11 Å². The van der Waals surface area contributed by atoms with Crippen LogP contribution < -0.4 is 4.74 Å². The normalized spacial score (nSPS) is 12.2. The zero-order valence-corrected chi connectivity index (χ0v) is 7.39. The smallest absolute Gasteiger partial charge is 0.312 e. The topological polar surface area (TPSA) is 72.3 Å². The molecule has 5 nitrogen and oxygen atoms in total. The van der Waals surface area contributed by atoms with Crippen LogP contribution in [-0.2, 0) is 4.79 Å². The van der Waals surface area contributed by atoms with Crippen LogP contribution in [0.15, 0.2) is 12.1 Å². The maximum atomic E-state index is 10.6. The first kappa shape index (κ1) is 9.44. The summed E-state index contributed by atoms with van der Waals surface area (Å²) in [5.41, 5.74) is 0.424. The Morgan fingerprint density at radius 2 is 2.23 bits per heavy atom. The molecule has 1 N–H and O–H groups in total. The van der Waals surface area contributed by atoms with Crippen LogP contribution >= 0.6 is 0 Å². The highest BCUT2D eigenvalue weighted by Crippen LogP contribution is 2.13. The van der Waals surface area contributed by atoms with Gasteiger partial charge in [0, 0.05) is 6.07 Å². The van der Waals surface area contributed by atoms with Gasteiger partial charge in [-0.1, -0.05) is 0 Å². The van der Waals surface area contributed by atoms with Gasteiger partial charge in [-0.05, 0) is 13.0 Å². The number of carboxylic acids is 1. The molecule has 0 amide bonds. The second kappa shape index (κ2) is 3.84. The third-order valence-electron chi connectivity index (χ3n) is 1.68. The van der Waals surface area contributed by atoms with Crippen LogP contribution in [0.3, 0.4) is 0 Å². The molecule has 1 heterocycles. The summed E-state index contributed by atoms with van der Waals surface area (Å²) in [5, 5.41) is 16.0. The molecule has 1 aromatic rings. The molecular weight excluding hydrogens is 172 g/mol. The van der Waals surface area contributed by atoms with Gasteiger partial charge in [0.15, 0.2) is 0 Å². The van der Waals surface area contributed by atoms with Gasteiger partial charge in [0.25, 0.3) is 0 Å². The summed E-state index contributed by atoms with van der Waals surface area (Å²) in [7, 11) is 1.48. The molecular formula is C8H10N2O3. The molecule has 1 rings (SSSR count). The van der Waals surface area contributed by atoms with Gasteiger partial charge in [0.2, 0.25) is 5.88 Å². The summed E-state index contributed by atoms with van der Waals surface area (Å²) in [5.74, 6) is -1.18. The van der Waals surface area contributed by atoms with Crippen molar-refractivity contribution in [3.8, 4) is 5.88 Å². The molecule has 0 saturated carbocycles. The average molecular weight is 182 g/mol. The molecule has 0 aromatic carbocycles. The lowest BCUT2D eigenvalue weighted by atomic mass is 10.1. The van der Waals surface area contributed by atoms with Gasteiger partial charge in [-0.25, -0.2) is 0 Å². The number of methoxy groups -OCH3 is 1. The lowest BCUT2D eigenvalue weighted by molar-refractivity contribution is -0.138. The molecule has 0 aliphatic rings. The molecule has 1 aromatic heterocycles. The quantitative estimate of drug-likeness (QED) is 0.743. The highest BCUT2D eigenvalue weighted by molar-refractivity contribution is 5.74. The van der Waals surface area contributed by atoms with E-state index < -0.39 is 11.9 Å². The molecule has 0 radical (unpaired) electrons. The van der Waals surface area contributed by atoms with Gasteiger partial charge < -0.3 is 9.84 Å². The number of rotatable bonds is 3. The van der Waals surface area contributed by atoms with E-state index >= 15 is 0 Å². The number of aliphatic carboxylic acids is 1. The number of carbonyl (C=O) groups is 1. The van der Waals surface area contributed by atoms with Gasteiger partial charge in [-0.2, -0.15) is 5.10 Å². The first-order chi connectivity index (χ1) is 6.15. The van der Waals surface area contributed by atoms with Crippen LogP contribution in [0, 0.1) is 0 Å². The number of nitrogens with zero attached hydrogens (tertiary/aromatic N) is 2. The third-order valence-corrected chi connectivity index (χ3v) is 1.68. The number of ether oxygens (including phenoxy) is 1. The minimum Gasteiger partial charge on any atom is -0.481 e. The summed E-state index contributed by atoms with van der Waals surface area (Å²) >= 11 is 0. The minimum absolute atomic E-state index is 0.376. The van der Waals surface area contributed by atoms with Crippen LogP contribution in [0.25, 0.3) is 0 Å². The number of hydrogen-bond acceptors (Lipinski definition) is 4. The van der Waals surface area contributed by atoms with Crippen molar-refractivity contribution in [2.24, 2.45) is 0 Å². The summed E-state index contributed by atoms with van der Waals surface area (Å²) < 4.78 is 4.79. The highest BCUT2D eigenvalue weighted by Gasteiger charge is 2.15. The first-order valence-electron chi connectivity index (χ1n) is 3.75. The number of carboxylic acid groups (broad SMARTS) is 1. The minimum atomic E-state index is -0.917. The zero-order valence-electron chi connectivity index (χ0n) is 7.39. The van der Waals surface area contributed by atoms with E-state index in [9.17, 15) is 4.79 Å². The Morgan fingerprint density at radius 3 is 2.62 bits per heavy atom. The molecule has 0 aliphatic heterocycles. The van der Waals surface area contributed by atoms with E-state index in [0.29, 0.717) is 11.6 Å². The molecule has 5 heteroatoms. The maximum Gasteiger partial charge on any atom is 0.312 e. The fourth-order valence-electron chi connectivity index (χ4n) is 0.797. The molecule has 0 fully saturated rings. The molecule has 1 atom stereocenters. The van der Waals surface area contributed by atoms with E-state index in [2.05, 4.69) is 10.2 Å². The van der Waals surface area contributed by atoms with E-state index in [1.807, 2.05) is 0 Å². The maximum absolute atomic E-state index is 10.6. The summed E-state index contributed by atoms with van der Waals surface area (Å²) in [6.45, 7) is 1.55. The van der Waals surface area contributed by atoms with Crippen molar-refractivity contribution in [1.29, 1.82) is 0 Å².